The fourth-order valence-corrected chi connectivity index (χ4v) is 3.25. The summed E-state index contributed by atoms with van der Waals surface area (Å²) in [6.45, 7) is 5.43. The largest absolute Gasteiger partial charge is 0.383 e. The average Bonchev–Trinajstić information content (AvgIpc) is 2.89. The highest BCUT2D eigenvalue weighted by Crippen LogP contribution is 2.29. The maximum absolute atomic E-state index is 5.70. The molecule has 5 heteroatoms. The quantitative estimate of drug-likeness (QED) is 0.761. The van der Waals surface area contributed by atoms with Crippen LogP contribution in [0.3, 0.4) is 0 Å². The van der Waals surface area contributed by atoms with Crippen LogP contribution in [0.2, 0.25) is 0 Å². The van der Waals surface area contributed by atoms with Gasteiger partial charge in [-0.2, -0.15) is 0 Å². The Kier molecular flexibility index (Phi) is 6.48. The van der Waals surface area contributed by atoms with E-state index in [0.29, 0.717) is 6.04 Å². The van der Waals surface area contributed by atoms with Gasteiger partial charge in [-0.15, -0.1) is 0 Å². The van der Waals surface area contributed by atoms with Crippen molar-refractivity contribution in [1.29, 1.82) is 0 Å². The molecule has 0 radical (unpaired) electrons. The van der Waals surface area contributed by atoms with E-state index in [1.807, 2.05) is 0 Å². The molecule has 0 bridgehead atoms. The van der Waals surface area contributed by atoms with Crippen LogP contribution in [-0.4, -0.2) is 46.1 Å². The van der Waals surface area contributed by atoms with Gasteiger partial charge in [0.2, 0.25) is 0 Å². The monoisotopic (exact) mass is 356 g/mol. The molecule has 0 aliphatic carbocycles. The van der Waals surface area contributed by atoms with Crippen LogP contribution < -0.4 is 10.2 Å². The van der Waals surface area contributed by atoms with E-state index >= 15 is 0 Å². The molecule has 2 atom stereocenters. The van der Waals surface area contributed by atoms with Crippen molar-refractivity contribution >= 4 is 21.6 Å². The van der Waals surface area contributed by atoms with Gasteiger partial charge in [0.05, 0.1) is 18.8 Å². The summed E-state index contributed by atoms with van der Waals surface area (Å²) >= 11 is 3.57. The van der Waals surface area contributed by atoms with Crippen LogP contribution in [0.1, 0.15) is 18.9 Å². The topological polar surface area (TPSA) is 33.7 Å². The zero-order valence-corrected chi connectivity index (χ0v) is 14.6. The molecule has 1 aromatic carbocycles. The fourth-order valence-electron chi connectivity index (χ4n) is 2.84. The number of ether oxygens (including phenoxy) is 2. The molecule has 1 saturated heterocycles. The first-order valence-corrected chi connectivity index (χ1v) is 8.25. The van der Waals surface area contributed by atoms with E-state index in [9.17, 15) is 0 Å². The van der Waals surface area contributed by atoms with E-state index in [-0.39, 0.29) is 6.10 Å². The molecule has 1 aliphatic heterocycles. The van der Waals surface area contributed by atoms with Gasteiger partial charge in [0.1, 0.15) is 0 Å². The van der Waals surface area contributed by atoms with Crippen molar-refractivity contribution in [3.63, 3.8) is 0 Å². The maximum atomic E-state index is 5.70. The number of nitrogens with one attached hydrogen (secondary N) is 1. The second-order valence-electron chi connectivity index (χ2n) is 5.49. The van der Waals surface area contributed by atoms with Gasteiger partial charge >= 0.3 is 0 Å². The van der Waals surface area contributed by atoms with Gasteiger partial charge in [-0.05, 0) is 37.1 Å². The van der Waals surface area contributed by atoms with Gasteiger partial charge in [0.25, 0.3) is 0 Å². The Morgan fingerprint density at radius 3 is 2.95 bits per heavy atom. The molecule has 0 amide bonds. The number of anilines is 1. The Balaban J connectivity index is 2.10. The van der Waals surface area contributed by atoms with Crippen LogP contribution in [0.25, 0.3) is 0 Å². The molecule has 0 saturated carbocycles. The van der Waals surface area contributed by atoms with Crippen molar-refractivity contribution in [2.24, 2.45) is 0 Å². The van der Waals surface area contributed by atoms with Gasteiger partial charge < -0.3 is 19.7 Å². The Labute approximate surface area is 135 Å². The van der Waals surface area contributed by atoms with Gasteiger partial charge in [-0.25, -0.2) is 0 Å². The molecule has 0 spiro atoms. The third kappa shape index (κ3) is 4.42. The van der Waals surface area contributed by atoms with Crippen molar-refractivity contribution < 1.29 is 9.47 Å². The zero-order chi connectivity index (χ0) is 15.2. The highest BCUT2D eigenvalue weighted by atomic mass is 79.9. The Morgan fingerprint density at radius 2 is 2.29 bits per heavy atom. The minimum atomic E-state index is 0.285. The number of nitrogens with zero attached hydrogens (tertiary/aromatic N) is 1. The SMILES string of the molecule is COCCNCc1cc(Br)ccc1N(C)C1CCOC1C. The van der Waals surface area contributed by atoms with E-state index < -0.39 is 0 Å². The van der Waals surface area contributed by atoms with E-state index in [1.165, 1.54) is 11.3 Å². The lowest BCUT2D eigenvalue weighted by molar-refractivity contribution is 0.118. The summed E-state index contributed by atoms with van der Waals surface area (Å²) in [5.74, 6) is 0. The molecule has 1 heterocycles. The molecular formula is C16H25BrN2O2. The molecule has 118 valence electrons. The summed E-state index contributed by atoms with van der Waals surface area (Å²) in [6, 6.07) is 6.92. The first kappa shape index (κ1) is 16.7. The highest BCUT2D eigenvalue weighted by molar-refractivity contribution is 9.10. The number of likely N-dealkylation sites (N-methyl/N-ethyl adjacent to an activating group) is 1. The van der Waals surface area contributed by atoms with E-state index in [4.69, 9.17) is 9.47 Å². The van der Waals surface area contributed by atoms with E-state index in [2.05, 4.69) is 58.3 Å². The van der Waals surface area contributed by atoms with Crippen LogP contribution >= 0.6 is 15.9 Å². The van der Waals surface area contributed by atoms with E-state index in [1.54, 1.807) is 7.11 Å². The molecule has 1 aliphatic rings. The van der Waals surface area contributed by atoms with Crippen LogP contribution in [0.15, 0.2) is 22.7 Å². The van der Waals surface area contributed by atoms with Crippen LogP contribution in [0.5, 0.6) is 0 Å². The van der Waals surface area contributed by atoms with Gasteiger partial charge in [-0.3, -0.25) is 0 Å². The van der Waals surface area contributed by atoms with Crippen LogP contribution in [0.4, 0.5) is 5.69 Å². The minimum Gasteiger partial charge on any atom is -0.383 e. The molecule has 1 fully saturated rings. The summed E-state index contributed by atoms with van der Waals surface area (Å²) in [7, 11) is 3.89. The Hall–Kier alpha value is -0.620. The Bertz CT molecular complexity index is 456. The lowest BCUT2D eigenvalue weighted by Gasteiger charge is -2.31. The molecule has 0 aromatic heterocycles. The second-order valence-corrected chi connectivity index (χ2v) is 6.40. The summed E-state index contributed by atoms with van der Waals surface area (Å²) in [4.78, 5) is 2.36. The lowest BCUT2D eigenvalue weighted by atomic mass is 10.1. The van der Waals surface area contributed by atoms with Crippen molar-refractivity contribution in [3.05, 3.63) is 28.2 Å². The fraction of sp³-hybridized carbons (Fsp3) is 0.625. The smallest absolute Gasteiger partial charge is 0.0750 e. The molecule has 1 N–H and O–H groups in total. The number of benzene rings is 1. The predicted octanol–water partition coefficient (Wildman–Crippen LogP) is 2.80. The Morgan fingerprint density at radius 1 is 1.48 bits per heavy atom. The van der Waals surface area contributed by atoms with Gasteiger partial charge in [0.15, 0.2) is 0 Å². The number of rotatable bonds is 7. The molecular weight excluding hydrogens is 332 g/mol. The molecule has 21 heavy (non-hydrogen) atoms. The standard InChI is InChI=1S/C16H25BrN2O2/c1-12-15(6-8-21-12)19(2)16-5-4-14(17)10-13(16)11-18-7-9-20-3/h4-5,10,12,15,18H,6-9,11H2,1-3H3. The summed E-state index contributed by atoms with van der Waals surface area (Å²) in [5, 5.41) is 3.42. The summed E-state index contributed by atoms with van der Waals surface area (Å²) < 4.78 is 11.9. The van der Waals surface area contributed by atoms with Crippen LogP contribution in [0, 0.1) is 0 Å². The number of hydrogen-bond acceptors (Lipinski definition) is 4. The van der Waals surface area contributed by atoms with Crippen LogP contribution in [-0.2, 0) is 16.0 Å². The number of hydrogen-bond donors (Lipinski definition) is 1. The van der Waals surface area contributed by atoms with Gasteiger partial charge in [-0.1, -0.05) is 15.9 Å². The van der Waals surface area contributed by atoms with Gasteiger partial charge in [0, 0.05) is 44.0 Å². The van der Waals surface area contributed by atoms with E-state index in [0.717, 1.165) is 37.2 Å². The molecule has 2 rings (SSSR count). The second kappa shape index (κ2) is 8.13. The summed E-state index contributed by atoms with van der Waals surface area (Å²) in [5.41, 5.74) is 2.56. The first-order chi connectivity index (χ1) is 10.1. The molecule has 4 nitrogen and oxygen atoms in total. The van der Waals surface area contributed by atoms with Crippen molar-refractivity contribution in [2.45, 2.75) is 32.0 Å². The third-order valence-corrected chi connectivity index (χ3v) is 4.55. The highest BCUT2D eigenvalue weighted by Gasteiger charge is 2.28. The number of methoxy groups -OCH3 is 1. The summed E-state index contributed by atoms with van der Waals surface area (Å²) in [6.07, 6.45) is 1.37. The lowest BCUT2D eigenvalue weighted by Crippen LogP contribution is -2.37. The first-order valence-electron chi connectivity index (χ1n) is 7.46. The van der Waals surface area contributed by atoms with Crippen molar-refractivity contribution in [3.8, 4) is 0 Å². The molecule has 1 aromatic rings. The minimum absolute atomic E-state index is 0.285. The zero-order valence-electron chi connectivity index (χ0n) is 13.1. The maximum Gasteiger partial charge on any atom is 0.0750 e. The van der Waals surface area contributed by atoms with Crippen molar-refractivity contribution in [2.75, 3.05) is 38.8 Å². The molecule has 2 unspecified atom stereocenters. The average molecular weight is 357 g/mol. The van der Waals surface area contributed by atoms with Crippen molar-refractivity contribution in [1.82, 2.24) is 5.32 Å². The normalized spacial score (nSPS) is 21.7. The predicted molar refractivity (Wildman–Crippen MR) is 89.9 cm³/mol. The third-order valence-electron chi connectivity index (χ3n) is 4.05. The number of halogens is 1.